The van der Waals surface area contributed by atoms with Crippen LogP contribution in [0.25, 0.3) is 5.69 Å². The first kappa shape index (κ1) is 10.9. The molecule has 2 rings (SSSR count). The summed E-state index contributed by atoms with van der Waals surface area (Å²) in [7, 11) is 0. The van der Waals surface area contributed by atoms with Crippen molar-refractivity contribution in [3.8, 4) is 5.69 Å². The van der Waals surface area contributed by atoms with Gasteiger partial charge in [-0.1, -0.05) is 11.6 Å². The largest absolute Gasteiger partial charge is 0.452 e. The molecule has 0 amide bonds. The van der Waals surface area contributed by atoms with Crippen molar-refractivity contribution >= 4 is 11.6 Å². The molecule has 0 bridgehead atoms. The van der Waals surface area contributed by atoms with Crippen LogP contribution in [0.3, 0.4) is 0 Å². The molecule has 0 N–H and O–H groups in total. The Morgan fingerprint density at radius 1 is 1.12 bits per heavy atom. The van der Waals surface area contributed by atoms with Gasteiger partial charge in [-0.3, -0.25) is 4.57 Å². The van der Waals surface area contributed by atoms with E-state index in [0.717, 1.165) is 10.9 Å². The van der Waals surface area contributed by atoms with Crippen molar-refractivity contribution in [2.45, 2.75) is 6.18 Å². The molecule has 3 nitrogen and oxygen atoms in total. The SMILES string of the molecule is FC(F)(F)c1nncn1-c1ccc(Cl)cc1. The van der Waals surface area contributed by atoms with Crippen LogP contribution in [0.1, 0.15) is 5.82 Å². The van der Waals surface area contributed by atoms with Crippen LogP contribution in [0.2, 0.25) is 5.02 Å². The maximum absolute atomic E-state index is 12.5. The number of rotatable bonds is 1. The van der Waals surface area contributed by atoms with E-state index in [-0.39, 0.29) is 0 Å². The standard InChI is InChI=1S/C9H5ClF3N3/c10-6-1-3-7(4-2-6)16-5-14-15-8(16)9(11,12)13/h1-5H. The van der Waals surface area contributed by atoms with E-state index < -0.39 is 12.0 Å². The molecule has 0 spiro atoms. The zero-order valence-corrected chi connectivity index (χ0v) is 8.50. The summed E-state index contributed by atoms with van der Waals surface area (Å²) in [4.78, 5) is 0. The van der Waals surface area contributed by atoms with Gasteiger partial charge in [0.15, 0.2) is 0 Å². The summed E-state index contributed by atoms with van der Waals surface area (Å²) >= 11 is 5.64. The molecule has 16 heavy (non-hydrogen) atoms. The first-order chi connectivity index (χ1) is 7.48. The summed E-state index contributed by atoms with van der Waals surface area (Å²) in [5.74, 6) is -1.06. The van der Waals surface area contributed by atoms with Gasteiger partial charge in [0, 0.05) is 10.7 Å². The number of alkyl halides is 3. The minimum absolute atomic E-state index is 0.307. The predicted octanol–water partition coefficient (Wildman–Crippen LogP) is 2.94. The highest BCUT2D eigenvalue weighted by Gasteiger charge is 2.37. The summed E-state index contributed by atoms with van der Waals surface area (Å²) in [5.41, 5.74) is 0.307. The smallest absolute Gasteiger partial charge is 0.278 e. The van der Waals surface area contributed by atoms with Gasteiger partial charge in [0.25, 0.3) is 0 Å². The van der Waals surface area contributed by atoms with Gasteiger partial charge in [-0.05, 0) is 24.3 Å². The lowest BCUT2D eigenvalue weighted by molar-refractivity contribution is -0.146. The Kier molecular flexibility index (Phi) is 2.59. The Labute approximate surface area is 93.5 Å². The van der Waals surface area contributed by atoms with E-state index in [1.165, 1.54) is 24.3 Å². The molecule has 1 aromatic heterocycles. The Bertz CT molecular complexity index is 489. The Morgan fingerprint density at radius 2 is 1.75 bits per heavy atom. The molecule has 0 fully saturated rings. The molecule has 0 aliphatic heterocycles. The lowest BCUT2D eigenvalue weighted by atomic mass is 10.3. The second kappa shape index (κ2) is 3.79. The molecule has 2 aromatic rings. The topological polar surface area (TPSA) is 30.7 Å². The minimum atomic E-state index is -4.53. The van der Waals surface area contributed by atoms with Crippen molar-refractivity contribution in [2.24, 2.45) is 0 Å². The molecule has 0 atom stereocenters. The van der Waals surface area contributed by atoms with E-state index in [2.05, 4.69) is 10.2 Å². The molecule has 7 heteroatoms. The van der Waals surface area contributed by atoms with Crippen LogP contribution < -0.4 is 0 Å². The summed E-state index contributed by atoms with van der Waals surface area (Å²) in [6.07, 6.45) is -3.53. The summed E-state index contributed by atoms with van der Waals surface area (Å²) in [5, 5.41) is 6.74. The molecule has 0 saturated heterocycles. The van der Waals surface area contributed by atoms with Crippen molar-refractivity contribution in [1.82, 2.24) is 14.8 Å². The molecule has 0 aliphatic carbocycles. The van der Waals surface area contributed by atoms with Crippen molar-refractivity contribution in [1.29, 1.82) is 0 Å². The lowest BCUT2D eigenvalue weighted by Gasteiger charge is -2.08. The molecule has 0 radical (unpaired) electrons. The van der Waals surface area contributed by atoms with Crippen LogP contribution in [0.4, 0.5) is 13.2 Å². The maximum Gasteiger partial charge on any atom is 0.452 e. The van der Waals surface area contributed by atoms with E-state index in [9.17, 15) is 13.2 Å². The fourth-order valence-electron chi connectivity index (χ4n) is 1.22. The first-order valence-electron chi connectivity index (χ1n) is 4.21. The van der Waals surface area contributed by atoms with E-state index in [4.69, 9.17) is 11.6 Å². The number of aromatic nitrogens is 3. The van der Waals surface area contributed by atoms with Gasteiger partial charge in [-0.15, -0.1) is 10.2 Å². The van der Waals surface area contributed by atoms with Crippen molar-refractivity contribution in [3.63, 3.8) is 0 Å². The molecular weight excluding hydrogens is 243 g/mol. The third-order valence-corrected chi connectivity index (χ3v) is 2.16. The van der Waals surface area contributed by atoms with Crippen molar-refractivity contribution in [3.05, 3.63) is 41.4 Å². The average molecular weight is 248 g/mol. The first-order valence-corrected chi connectivity index (χ1v) is 4.59. The second-order valence-corrected chi connectivity index (χ2v) is 3.44. The van der Waals surface area contributed by atoms with E-state index >= 15 is 0 Å². The number of hydrogen-bond acceptors (Lipinski definition) is 2. The van der Waals surface area contributed by atoms with Crippen LogP contribution in [-0.2, 0) is 6.18 Å². The highest BCUT2D eigenvalue weighted by atomic mass is 35.5. The number of nitrogens with zero attached hydrogens (tertiary/aromatic N) is 3. The Morgan fingerprint density at radius 3 is 2.31 bits per heavy atom. The van der Waals surface area contributed by atoms with Gasteiger partial charge >= 0.3 is 6.18 Å². The van der Waals surface area contributed by atoms with Gasteiger partial charge in [0.2, 0.25) is 5.82 Å². The fourth-order valence-corrected chi connectivity index (χ4v) is 1.34. The Hall–Kier alpha value is -1.56. The van der Waals surface area contributed by atoms with Crippen LogP contribution >= 0.6 is 11.6 Å². The summed E-state index contributed by atoms with van der Waals surface area (Å²) in [6.45, 7) is 0. The predicted molar refractivity (Wildman–Crippen MR) is 51.4 cm³/mol. The van der Waals surface area contributed by atoms with Gasteiger partial charge in [0.05, 0.1) is 0 Å². The normalized spacial score (nSPS) is 11.8. The van der Waals surface area contributed by atoms with Crippen LogP contribution in [0.15, 0.2) is 30.6 Å². The molecule has 0 unspecified atom stereocenters. The average Bonchev–Trinajstić information content (AvgIpc) is 2.66. The quantitative estimate of drug-likeness (QED) is 0.776. The number of hydrogen-bond donors (Lipinski definition) is 0. The Balaban J connectivity index is 2.49. The van der Waals surface area contributed by atoms with Crippen LogP contribution in [0.5, 0.6) is 0 Å². The van der Waals surface area contributed by atoms with Gasteiger partial charge < -0.3 is 0 Å². The van der Waals surface area contributed by atoms with Crippen LogP contribution in [0, 0.1) is 0 Å². The van der Waals surface area contributed by atoms with E-state index in [0.29, 0.717) is 10.7 Å². The summed E-state index contributed by atoms with van der Waals surface area (Å²) < 4.78 is 38.3. The molecule has 0 saturated carbocycles. The number of benzene rings is 1. The van der Waals surface area contributed by atoms with Crippen LogP contribution in [-0.4, -0.2) is 14.8 Å². The minimum Gasteiger partial charge on any atom is -0.278 e. The van der Waals surface area contributed by atoms with Gasteiger partial charge in [0.1, 0.15) is 6.33 Å². The zero-order valence-electron chi connectivity index (χ0n) is 7.74. The van der Waals surface area contributed by atoms with Gasteiger partial charge in [-0.2, -0.15) is 13.2 Å². The van der Waals surface area contributed by atoms with Crippen molar-refractivity contribution < 1.29 is 13.2 Å². The molecule has 0 aliphatic rings. The van der Waals surface area contributed by atoms with E-state index in [1.807, 2.05) is 0 Å². The highest BCUT2D eigenvalue weighted by molar-refractivity contribution is 6.30. The monoisotopic (exact) mass is 247 g/mol. The molecule has 1 heterocycles. The molecule has 1 aromatic carbocycles. The zero-order chi connectivity index (χ0) is 11.8. The molecular formula is C9H5ClF3N3. The molecule has 84 valence electrons. The third-order valence-electron chi connectivity index (χ3n) is 1.91. The fraction of sp³-hybridized carbons (Fsp3) is 0.111. The van der Waals surface area contributed by atoms with Gasteiger partial charge in [-0.25, -0.2) is 0 Å². The summed E-state index contributed by atoms with van der Waals surface area (Å²) in [6, 6.07) is 5.91. The highest BCUT2D eigenvalue weighted by Crippen LogP contribution is 2.29. The second-order valence-electron chi connectivity index (χ2n) is 3.00. The number of halogens is 4. The maximum atomic E-state index is 12.5. The lowest BCUT2D eigenvalue weighted by Crippen LogP contribution is -2.13. The van der Waals surface area contributed by atoms with E-state index in [1.54, 1.807) is 0 Å². The third kappa shape index (κ3) is 2.01. The van der Waals surface area contributed by atoms with Crippen molar-refractivity contribution in [2.75, 3.05) is 0 Å².